The maximum absolute atomic E-state index is 12.0. The lowest BCUT2D eigenvalue weighted by atomic mass is 10.0. The molecule has 2 aliphatic rings. The van der Waals surface area contributed by atoms with Crippen molar-refractivity contribution in [3.63, 3.8) is 0 Å². The van der Waals surface area contributed by atoms with Gasteiger partial charge in [-0.3, -0.25) is 4.79 Å². The normalized spacial score (nSPS) is 18.2. The molecule has 1 aromatic carbocycles. The van der Waals surface area contributed by atoms with Gasteiger partial charge in [0.2, 0.25) is 5.91 Å². The third-order valence-corrected chi connectivity index (χ3v) is 6.55. The van der Waals surface area contributed by atoms with E-state index in [-0.39, 0.29) is 5.91 Å². The van der Waals surface area contributed by atoms with Gasteiger partial charge in [-0.1, -0.05) is 17.8 Å². The maximum atomic E-state index is 12.0. The zero-order chi connectivity index (χ0) is 19.3. The number of benzene rings is 1. The number of carbonyl (C=O) groups is 1. The van der Waals surface area contributed by atoms with E-state index in [9.17, 15) is 4.79 Å². The first kappa shape index (κ1) is 19.3. The molecule has 3 heterocycles. The SMILES string of the molecule is Cn1cnnc1SCCNC1CCN(c2cccc(N3CCCC3=O)c2)CC1. The molecule has 0 spiro atoms. The molecule has 2 aromatic rings. The number of amides is 1. The van der Waals surface area contributed by atoms with Crippen LogP contribution >= 0.6 is 11.8 Å². The minimum absolute atomic E-state index is 0.249. The molecule has 1 amide bonds. The average Bonchev–Trinajstić information content (AvgIpc) is 3.34. The highest BCUT2D eigenvalue weighted by Crippen LogP contribution is 2.28. The zero-order valence-corrected chi connectivity index (χ0v) is 17.2. The predicted octanol–water partition coefficient (Wildman–Crippen LogP) is 2.29. The number of anilines is 2. The number of thioether (sulfide) groups is 1. The van der Waals surface area contributed by atoms with Gasteiger partial charge in [0, 0.05) is 62.8 Å². The summed E-state index contributed by atoms with van der Waals surface area (Å²) in [5.74, 6) is 1.25. The molecular formula is C20H28N6OS. The number of aromatic nitrogens is 3. The molecule has 0 aliphatic carbocycles. The van der Waals surface area contributed by atoms with E-state index in [1.165, 1.54) is 5.69 Å². The molecule has 2 aliphatic heterocycles. The Kier molecular flexibility index (Phi) is 6.17. The van der Waals surface area contributed by atoms with Crippen molar-refractivity contribution in [1.29, 1.82) is 0 Å². The fraction of sp³-hybridized carbons (Fsp3) is 0.550. The smallest absolute Gasteiger partial charge is 0.227 e. The number of hydrogen-bond donors (Lipinski definition) is 1. The first-order chi connectivity index (χ1) is 13.7. The largest absolute Gasteiger partial charge is 0.371 e. The second kappa shape index (κ2) is 8.96. The molecule has 0 saturated carbocycles. The van der Waals surface area contributed by atoms with Crippen LogP contribution in [0.25, 0.3) is 0 Å². The Hall–Kier alpha value is -2.06. The van der Waals surface area contributed by atoms with E-state index in [2.05, 4.69) is 44.7 Å². The lowest BCUT2D eigenvalue weighted by molar-refractivity contribution is -0.117. The van der Waals surface area contributed by atoms with E-state index in [0.29, 0.717) is 12.5 Å². The van der Waals surface area contributed by atoms with Crippen LogP contribution < -0.4 is 15.1 Å². The van der Waals surface area contributed by atoms with Crippen LogP contribution in [0, 0.1) is 0 Å². The summed E-state index contributed by atoms with van der Waals surface area (Å²) >= 11 is 1.74. The highest BCUT2D eigenvalue weighted by atomic mass is 32.2. The number of hydrogen-bond acceptors (Lipinski definition) is 6. The van der Waals surface area contributed by atoms with Gasteiger partial charge in [-0.05, 0) is 37.5 Å². The minimum atomic E-state index is 0.249. The summed E-state index contributed by atoms with van der Waals surface area (Å²) in [5.41, 5.74) is 2.27. The number of rotatable bonds is 7. The van der Waals surface area contributed by atoms with E-state index in [0.717, 1.165) is 62.0 Å². The molecule has 2 saturated heterocycles. The molecule has 28 heavy (non-hydrogen) atoms. The Labute approximate surface area is 170 Å². The van der Waals surface area contributed by atoms with Crippen LogP contribution in [0.5, 0.6) is 0 Å². The van der Waals surface area contributed by atoms with E-state index in [1.54, 1.807) is 18.1 Å². The lowest BCUT2D eigenvalue weighted by Crippen LogP contribution is -2.43. The Morgan fingerprint density at radius 2 is 2.04 bits per heavy atom. The second-order valence-electron chi connectivity index (χ2n) is 7.46. The summed E-state index contributed by atoms with van der Waals surface area (Å²) in [6.07, 6.45) is 5.66. The van der Waals surface area contributed by atoms with Crippen LogP contribution in [0.15, 0.2) is 35.7 Å². The molecule has 0 unspecified atom stereocenters. The first-order valence-electron chi connectivity index (χ1n) is 10.1. The summed E-state index contributed by atoms with van der Waals surface area (Å²) < 4.78 is 1.95. The summed E-state index contributed by atoms with van der Waals surface area (Å²) in [6.45, 7) is 3.92. The van der Waals surface area contributed by atoms with Crippen LogP contribution in [0.2, 0.25) is 0 Å². The van der Waals surface area contributed by atoms with Gasteiger partial charge in [0.1, 0.15) is 6.33 Å². The fourth-order valence-corrected chi connectivity index (χ4v) is 4.69. The summed E-state index contributed by atoms with van der Waals surface area (Å²) in [7, 11) is 1.97. The predicted molar refractivity (Wildman–Crippen MR) is 113 cm³/mol. The quantitative estimate of drug-likeness (QED) is 0.568. The third kappa shape index (κ3) is 4.50. The Balaban J connectivity index is 1.23. The van der Waals surface area contributed by atoms with Gasteiger partial charge in [-0.2, -0.15) is 0 Å². The van der Waals surface area contributed by atoms with Crippen LogP contribution in [-0.4, -0.2) is 58.6 Å². The van der Waals surface area contributed by atoms with Crippen LogP contribution in [0.3, 0.4) is 0 Å². The van der Waals surface area contributed by atoms with Crippen molar-refractivity contribution in [3.8, 4) is 0 Å². The van der Waals surface area contributed by atoms with Gasteiger partial charge in [0.15, 0.2) is 5.16 Å². The maximum Gasteiger partial charge on any atom is 0.227 e. The molecule has 0 bridgehead atoms. The summed E-state index contributed by atoms with van der Waals surface area (Å²) in [6, 6.07) is 9.03. The van der Waals surface area contributed by atoms with Crippen LogP contribution in [0.4, 0.5) is 11.4 Å². The number of nitrogens with zero attached hydrogens (tertiary/aromatic N) is 5. The molecule has 0 radical (unpaired) electrons. The van der Waals surface area contributed by atoms with Gasteiger partial charge in [0.25, 0.3) is 0 Å². The van der Waals surface area contributed by atoms with Crippen molar-refractivity contribution in [2.24, 2.45) is 7.05 Å². The van der Waals surface area contributed by atoms with Crippen molar-refractivity contribution >= 4 is 29.0 Å². The van der Waals surface area contributed by atoms with Gasteiger partial charge < -0.3 is 19.7 Å². The van der Waals surface area contributed by atoms with Crippen LogP contribution in [0.1, 0.15) is 25.7 Å². The Morgan fingerprint density at radius 1 is 1.21 bits per heavy atom. The summed E-state index contributed by atoms with van der Waals surface area (Å²) in [5, 5.41) is 12.7. The zero-order valence-electron chi connectivity index (χ0n) is 16.4. The van der Waals surface area contributed by atoms with Crippen molar-refractivity contribution in [1.82, 2.24) is 20.1 Å². The molecule has 8 heteroatoms. The molecule has 1 N–H and O–H groups in total. The van der Waals surface area contributed by atoms with Gasteiger partial charge in [-0.25, -0.2) is 0 Å². The highest BCUT2D eigenvalue weighted by Gasteiger charge is 2.23. The van der Waals surface area contributed by atoms with Gasteiger partial charge >= 0.3 is 0 Å². The molecule has 4 rings (SSSR count). The van der Waals surface area contributed by atoms with E-state index in [1.807, 2.05) is 16.5 Å². The second-order valence-corrected chi connectivity index (χ2v) is 8.52. The van der Waals surface area contributed by atoms with Crippen molar-refractivity contribution < 1.29 is 4.79 Å². The van der Waals surface area contributed by atoms with Crippen molar-refractivity contribution in [3.05, 3.63) is 30.6 Å². The number of carbonyl (C=O) groups excluding carboxylic acids is 1. The monoisotopic (exact) mass is 400 g/mol. The summed E-state index contributed by atoms with van der Waals surface area (Å²) in [4.78, 5) is 16.4. The average molecular weight is 401 g/mol. The van der Waals surface area contributed by atoms with Gasteiger partial charge in [0.05, 0.1) is 0 Å². The standard InChI is InChI=1S/C20H28N6OS/c1-24-15-22-23-20(24)28-13-9-21-16-7-11-25(12-8-16)17-4-2-5-18(14-17)26-10-3-6-19(26)27/h2,4-5,14-16,21H,3,6-13H2,1H3. The highest BCUT2D eigenvalue weighted by molar-refractivity contribution is 7.99. The first-order valence-corrected chi connectivity index (χ1v) is 11.0. The van der Waals surface area contributed by atoms with E-state index < -0.39 is 0 Å². The third-order valence-electron chi connectivity index (χ3n) is 5.51. The fourth-order valence-electron chi connectivity index (χ4n) is 3.93. The minimum Gasteiger partial charge on any atom is -0.371 e. The van der Waals surface area contributed by atoms with Crippen molar-refractivity contribution in [2.75, 3.05) is 41.7 Å². The molecule has 1 aromatic heterocycles. The topological polar surface area (TPSA) is 66.3 Å². The van der Waals surface area contributed by atoms with E-state index >= 15 is 0 Å². The molecule has 0 atom stereocenters. The van der Waals surface area contributed by atoms with E-state index in [4.69, 9.17) is 0 Å². The lowest BCUT2D eigenvalue weighted by Gasteiger charge is -2.34. The van der Waals surface area contributed by atoms with Crippen molar-refractivity contribution in [2.45, 2.75) is 36.9 Å². The number of nitrogens with one attached hydrogen (secondary N) is 1. The molecule has 7 nitrogen and oxygen atoms in total. The molecule has 150 valence electrons. The molecule has 2 fully saturated rings. The van der Waals surface area contributed by atoms with Crippen LogP contribution in [-0.2, 0) is 11.8 Å². The Morgan fingerprint density at radius 3 is 2.75 bits per heavy atom. The van der Waals surface area contributed by atoms with Gasteiger partial charge in [-0.15, -0.1) is 10.2 Å². The Bertz CT molecular complexity index is 801. The number of aryl methyl sites for hydroxylation is 1. The molecular weight excluding hydrogens is 372 g/mol. The number of piperidine rings is 1.